The first-order chi connectivity index (χ1) is 7.59. The van der Waals surface area contributed by atoms with Crippen molar-refractivity contribution in [3.8, 4) is 0 Å². The zero-order valence-corrected chi connectivity index (χ0v) is 10.8. The lowest BCUT2D eigenvalue weighted by molar-refractivity contribution is 0.384. The highest BCUT2D eigenvalue weighted by Gasteiger charge is 2.28. The summed E-state index contributed by atoms with van der Waals surface area (Å²) in [6, 6.07) is 0.602. The lowest BCUT2D eigenvalue weighted by Gasteiger charge is -2.20. The van der Waals surface area contributed by atoms with Crippen LogP contribution in [0.2, 0.25) is 0 Å². The van der Waals surface area contributed by atoms with Gasteiger partial charge in [-0.3, -0.25) is 0 Å². The summed E-state index contributed by atoms with van der Waals surface area (Å²) in [5.41, 5.74) is 0. The van der Waals surface area contributed by atoms with Crippen molar-refractivity contribution >= 4 is 10.0 Å². The van der Waals surface area contributed by atoms with E-state index in [1.54, 1.807) is 4.31 Å². The van der Waals surface area contributed by atoms with Gasteiger partial charge in [-0.15, -0.1) is 0 Å². The summed E-state index contributed by atoms with van der Waals surface area (Å²) in [6.07, 6.45) is 4.65. The quantitative estimate of drug-likeness (QED) is 0.798. The lowest BCUT2D eigenvalue weighted by Crippen LogP contribution is -2.38. The molecule has 2 unspecified atom stereocenters. The standard InChI is InChI=1S/C11H22N2O2S/c1-10-4-2-5-11(10)12-6-8-13-7-3-9-16(13,14)15/h10-12H,2-9H2,1H3. The summed E-state index contributed by atoms with van der Waals surface area (Å²) in [6.45, 7) is 4.43. The van der Waals surface area contributed by atoms with Crippen LogP contribution in [0.5, 0.6) is 0 Å². The van der Waals surface area contributed by atoms with Crippen molar-refractivity contribution in [2.45, 2.75) is 38.6 Å². The van der Waals surface area contributed by atoms with E-state index in [1.807, 2.05) is 0 Å². The highest BCUT2D eigenvalue weighted by molar-refractivity contribution is 7.89. The summed E-state index contributed by atoms with van der Waals surface area (Å²) in [5.74, 6) is 1.09. The van der Waals surface area contributed by atoms with Crippen LogP contribution < -0.4 is 5.32 Å². The van der Waals surface area contributed by atoms with Crippen molar-refractivity contribution in [3.05, 3.63) is 0 Å². The van der Waals surface area contributed by atoms with Gasteiger partial charge < -0.3 is 5.32 Å². The fourth-order valence-corrected chi connectivity index (χ4v) is 4.29. The van der Waals surface area contributed by atoms with Crippen LogP contribution in [-0.4, -0.2) is 44.2 Å². The maximum Gasteiger partial charge on any atom is 0.214 e. The van der Waals surface area contributed by atoms with Gasteiger partial charge in [0, 0.05) is 25.7 Å². The van der Waals surface area contributed by atoms with Crippen LogP contribution in [0.25, 0.3) is 0 Å². The van der Waals surface area contributed by atoms with Crippen LogP contribution in [0.1, 0.15) is 32.6 Å². The average molecular weight is 246 g/mol. The molecule has 94 valence electrons. The Hall–Kier alpha value is -0.130. The molecular weight excluding hydrogens is 224 g/mol. The molecule has 2 aliphatic rings. The summed E-state index contributed by atoms with van der Waals surface area (Å²) < 4.78 is 24.7. The minimum Gasteiger partial charge on any atom is -0.312 e. The van der Waals surface area contributed by atoms with Gasteiger partial charge in [-0.05, 0) is 25.2 Å². The van der Waals surface area contributed by atoms with Crippen molar-refractivity contribution in [2.75, 3.05) is 25.4 Å². The van der Waals surface area contributed by atoms with Crippen molar-refractivity contribution in [2.24, 2.45) is 5.92 Å². The fraction of sp³-hybridized carbons (Fsp3) is 1.00. The van der Waals surface area contributed by atoms with Crippen molar-refractivity contribution in [1.82, 2.24) is 9.62 Å². The van der Waals surface area contributed by atoms with E-state index in [0.717, 1.165) is 18.9 Å². The van der Waals surface area contributed by atoms with Crippen LogP contribution in [-0.2, 0) is 10.0 Å². The van der Waals surface area contributed by atoms with E-state index in [-0.39, 0.29) is 0 Å². The van der Waals surface area contributed by atoms with Crippen LogP contribution in [0.4, 0.5) is 0 Å². The van der Waals surface area contributed by atoms with E-state index in [0.29, 0.717) is 24.9 Å². The summed E-state index contributed by atoms with van der Waals surface area (Å²) in [5, 5.41) is 3.49. The second kappa shape index (κ2) is 5.02. The number of sulfonamides is 1. The van der Waals surface area contributed by atoms with Crippen LogP contribution >= 0.6 is 0 Å². The van der Waals surface area contributed by atoms with E-state index < -0.39 is 10.0 Å². The summed E-state index contributed by atoms with van der Waals surface area (Å²) in [4.78, 5) is 0. The fourth-order valence-electron chi connectivity index (χ4n) is 2.77. The Balaban J connectivity index is 1.72. The Labute approximate surface area is 98.4 Å². The van der Waals surface area contributed by atoms with Gasteiger partial charge >= 0.3 is 0 Å². The molecule has 16 heavy (non-hydrogen) atoms. The second-order valence-electron chi connectivity index (χ2n) is 5.04. The molecule has 0 spiro atoms. The zero-order chi connectivity index (χ0) is 11.6. The first-order valence-corrected chi connectivity index (χ1v) is 7.92. The Morgan fingerprint density at radius 3 is 2.69 bits per heavy atom. The molecule has 2 fully saturated rings. The summed E-state index contributed by atoms with van der Waals surface area (Å²) in [7, 11) is -2.90. The Morgan fingerprint density at radius 1 is 1.31 bits per heavy atom. The summed E-state index contributed by atoms with van der Waals surface area (Å²) >= 11 is 0. The molecule has 4 nitrogen and oxygen atoms in total. The van der Waals surface area contributed by atoms with Gasteiger partial charge in [0.15, 0.2) is 0 Å². The number of hydrogen-bond acceptors (Lipinski definition) is 3. The highest BCUT2D eigenvalue weighted by Crippen LogP contribution is 2.24. The largest absolute Gasteiger partial charge is 0.312 e. The minimum atomic E-state index is -2.90. The molecule has 2 rings (SSSR count). The third-order valence-corrected chi connectivity index (χ3v) is 5.79. The van der Waals surface area contributed by atoms with Gasteiger partial charge in [0.1, 0.15) is 0 Å². The molecule has 1 aliphatic heterocycles. The molecule has 1 saturated heterocycles. The van der Waals surface area contributed by atoms with Crippen molar-refractivity contribution < 1.29 is 8.42 Å². The Morgan fingerprint density at radius 2 is 2.12 bits per heavy atom. The third kappa shape index (κ3) is 2.76. The molecule has 0 aromatic heterocycles. The predicted octanol–water partition coefficient (Wildman–Crippen LogP) is 0.800. The van der Waals surface area contributed by atoms with Gasteiger partial charge in [-0.2, -0.15) is 0 Å². The smallest absolute Gasteiger partial charge is 0.214 e. The first-order valence-electron chi connectivity index (χ1n) is 6.31. The van der Waals surface area contributed by atoms with Gasteiger partial charge in [0.2, 0.25) is 10.0 Å². The van der Waals surface area contributed by atoms with Gasteiger partial charge in [-0.1, -0.05) is 13.3 Å². The highest BCUT2D eigenvalue weighted by atomic mass is 32.2. The maximum absolute atomic E-state index is 11.6. The van der Waals surface area contributed by atoms with E-state index in [1.165, 1.54) is 19.3 Å². The second-order valence-corrected chi connectivity index (χ2v) is 7.13. The lowest BCUT2D eigenvalue weighted by atomic mass is 10.1. The molecule has 5 heteroatoms. The van der Waals surface area contributed by atoms with Crippen molar-refractivity contribution in [3.63, 3.8) is 0 Å². The Bertz CT molecular complexity index is 329. The van der Waals surface area contributed by atoms with Crippen LogP contribution in [0.3, 0.4) is 0 Å². The van der Waals surface area contributed by atoms with Gasteiger partial charge in [0.25, 0.3) is 0 Å². The van der Waals surface area contributed by atoms with E-state index >= 15 is 0 Å². The van der Waals surface area contributed by atoms with E-state index in [9.17, 15) is 8.42 Å². The SMILES string of the molecule is CC1CCCC1NCCN1CCCS1(=O)=O. The number of rotatable bonds is 4. The zero-order valence-electron chi connectivity index (χ0n) is 9.98. The van der Waals surface area contributed by atoms with Crippen LogP contribution in [0, 0.1) is 5.92 Å². The van der Waals surface area contributed by atoms with Gasteiger partial charge in [-0.25, -0.2) is 12.7 Å². The number of nitrogens with one attached hydrogen (secondary N) is 1. The molecule has 2 atom stereocenters. The molecule has 1 aliphatic carbocycles. The topological polar surface area (TPSA) is 49.4 Å². The average Bonchev–Trinajstić information content (AvgIpc) is 2.75. The van der Waals surface area contributed by atoms with E-state index in [2.05, 4.69) is 12.2 Å². The third-order valence-electron chi connectivity index (χ3n) is 3.83. The normalized spacial score (nSPS) is 34.6. The number of hydrogen-bond donors (Lipinski definition) is 1. The maximum atomic E-state index is 11.6. The molecule has 0 bridgehead atoms. The van der Waals surface area contributed by atoms with Crippen LogP contribution in [0.15, 0.2) is 0 Å². The monoisotopic (exact) mass is 246 g/mol. The molecule has 1 saturated carbocycles. The predicted molar refractivity (Wildman–Crippen MR) is 64.8 cm³/mol. The molecule has 0 amide bonds. The first kappa shape index (κ1) is 12.3. The molecule has 0 radical (unpaired) electrons. The van der Waals surface area contributed by atoms with E-state index in [4.69, 9.17) is 0 Å². The number of nitrogens with zero attached hydrogens (tertiary/aromatic N) is 1. The molecule has 0 aromatic carbocycles. The van der Waals surface area contributed by atoms with Gasteiger partial charge in [0.05, 0.1) is 5.75 Å². The molecule has 1 heterocycles. The molecule has 0 aromatic rings. The Kier molecular flexibility index (Phi) is 3.87. The molecule has 1 N–H and O–H groups in total. The molecular formula is C11H22N2O2S. The minimum absolute atomic E-state index is 0.340. The van der Waals surface area contributed by atoms with Crippen molar-refractivity contribution in [1.29, 1.82) is 0 Å².